The SMILES string of the molecule is CCOC(=O)[C@H]1C2CN(Cc3ccccc3)[C@@H](C3CCCCCCC3)[C@@]23N=C(Cc2ccccc2)[C@@]1(N1CCOCC1)O3. The van der Waals surface area contributed by atoms with Crippen molar-refractivity contribution in [2.45, 2.75) is 82.3 Å². The van der Waals surface area contributed by atoms with E-state index in [0.29, 0.717) is 45.2 Å². The molecule has 0 radical (unpaired) electrons. The second-order valence-electron chi connectivity index (χ2n) is 13.2. The van der Waals surface area contributed by atoms with E-state index in [1.165, 1.54) is 56.1 Å². The highest BCUT2D eigenvalue weighted by Crippen LogP contribution is 2.63. The van der Waals surface area contributed by atoms with Crippen LogP contribution in [0.3, 0.4) is 0 Å². The Balaban J connectivity index is 1.36. The van der Waals surface area contributed by atoms with Gasteiger partial charge in [-0.05, 0) is 36.8 Å². The Morgan fingerprint density at radius 1 is 0.930 bits per heavy atom. The highest BCUT2D eigenvalue weighted by atomic mass is 16.6. The zero-order valence-corrected chi connectivity index (χ0v) is 25.7. The van der Waals surface area contributed by atoms with E-state index in [1.807, 2.05) is 6.92 Å². The largest absolute Gasteiger partial charge is 0.466 e. The Hall–Kier alpha value is -2.58. The maximum absolute atomic E-state index is 14.2. The fourth-order valence-electron chi connectivity index (χ4n) is 9.02. The Bertz CT molecular complexity index is 1270. The van der Waals surface area contributed by atoms with Crippen LogP contribution in [0.5, 0.6) is 0 Å². The summed E-state index contributed by atoms with van der Waals surface area (Å²) in [6.07, 6.45) is 9.46. The summed E-state index contributed by atoms with van der Waals surface area (Å²) in [4.78, 5) is 25.0. The number of rotatable bonds is 8. The number of benzene rings is 2. The summed E-state index contributed by atoms with van der Waals surface area (Å²) in [5.41, 5.74) is 1.82. The molecule has 3 saturated heterocycles. The first-order valence-electron chi connectivity index (χ1n) is 16.8. The fraction of sp³-hybridized carbons (Fsp3) is 0.611. The first-order chi connectivity index (χ1) is 21.2. The van der Waals surface area contributed by atoms with Gasteiger partial charge < -0.3 is 14.2 Å². The summed E-state index contributed by atoms with van der Waals surface area (Å²) in [6, 6.07) is 21.5. The van der Waals surface area contributed by atoms with Gasteiger partial charge in [0.05, 0.1) is 31.6 Å². The van der Waals surface area contributed by atoms with Gasteiger partial charge in [-0.3, -0.25) is 19.6 Å². The van der Waals surface area contributed by atoms with Crippen LogP contribution in [0.15, 0.2) is 65.7 Å². The van der Waals surface area contributed by atoms with E-state index in [9.17, 15) is 4.79 Å². The number of hydrogen-bond acceptors (Lipinski definition) is 7. The molecule has 5 aliphatic rings. The molecule has 7 rings (SSSR count). The first kappa shape index (κ1) is 29.1. The minimum atomic E-state index is -0.907. The van der Waals surface area contributed by atoms with Crippen LogP contribution in [0.2, 0.25) is 0 Å². The third-order valence-corrected chi connectivity index (χ3v) is 10.7. The molecule has 0 N–H and O–H groups in total. The van der Waals surface area contributed by atoms with Gasteiger partial charge in [-0.2, -0.15) is 0 Å². The average Bonchev–Trinajstić information content (AvgIpc) is 3.60. The molecule has 1 unspecified atom stereocenters. The van der Waals surface area contributed by atoms with Crippen molar-refractivity contribution in [2.24, 2.45) is 22.7 Å². The molecule has 2 bridgehead atoms. The van der Waals surface area contributed by atoms with Gasteiger partial charge in [-0.15, -0.1) is 0 Å². The third kappa shape index (κ3) is 5.16. The molecule has 230 valence electrons. The van der Waals surface area contributed by atoms with Crippen molar-refractivity contribution in [1.29, 1.82) is 0 Å². The predicted molar refractivity (Wildman–Crippen MR) is 167 cm³/mol. The zero-order valence-electron chi connectivity index (χ0n) is 25.7. The van der Waals surface area contributed by atoms with Crippen LogP contribution >= 0.6 is 0 Å². The van der Waals surface area contributed by atoms with Crippen LogP contribution in [0.25, 0.3) is 0 Å². The number of fused-ring (bicyclic) bond motifs is 1. The van der Waals surface area contributed by atoms with Gasteiger partial charge in [0.2, 0.25) is 0 Å². The second-order valence-corrected chi connectivity index (χ2v) is 13.2. The highest BCUT2D eigenvalue weighted by molar-refractivity contribution is 6.01. The maximum atomic E-state index is 14.2. The Labute approximate surface area is 256 Å². The predicted octanol–water partition coefficient (Wildman–Crippen LogP) is 5.48. The van der Waals surface area contributed by atoms with Crippen LogP contribution in [0.4, 0.5) is 0 Å². The first-order valence-corrected chi connectivity index (χ1v) is 16.8. The summed E-state index contributed by atoms with van der Waals surface area (Å²) >= 11 is 0. The highest BCUT2D eigenvalue weighted by Gasteiger charge is 2.78. The number of morpholine rings is 1. The number of carbonyl (C=O) groups is 1. The molecule has 5 atom stereocenters. The molecular formula is C36H47N3O4. The fourth-order valence-corrected chi connectivity index (χ4v) is 9.02. The lowest BCUT2D eigenvalue weighted by molar-refractivity contribution is -0.185. The Morgan fingerprint density at radius 2 is 1.58 bits per heavy atom. The summed E-state index contributed by atoms with van der Waals surface area (Å²) < 4.78 is 19.3. The van der Waals surface area contributed by atoms with Crippen LogP contribution < -0.4 is 0 Å². The van der Waals surface area contributed by atoms with Crippen molar-refractivity contribution in [1.82, 2.24) is 9.80 Å². The van der Waals surface area contributed by atoms with Crippen LogP contribution in [0.1, 0.15) is 63.0 Å². The topological polar surface area (TPSA) is 63.6 Å². The van der Waals surface area contributed by atoms with Gasteiger partial charge in [0, 0.05) is 38.5 Å². The molecule has 1 spiro atoms. The average molecular weight is 586 g/mol. The lowest BCUT2D eigenvalue weighted by Crippen LogP contribution is -2.64. The number of aliphatic imine (C=N–C) groups is 1. The molecule has 4 fully saturated rings. The molecule has 1 saturated carbocycles. The molecule has 0 amide bonds. The van der Waals surface area contributed by atoms with Gasteiger partial charge in [0.25, 0.3) is 0 Å². The normalized spacial score (nSPS) is 33.5. The number of esters is 1. The van der Waals surface area contributed by atoms with Crippen molar-refractivity contribution >= 4 is 11.7 Å². The third-order valence-electron chi connectivity index (χ3n) is 10.7. The number of carbonyl (C=O) groups excluding carboxylic acids is 1. The summed E-state index contributed by atoms with van der Waals surface area (Å²) in [7, 11) is 0. The van der Waals surface area contributed by atoms with Gasteiger partial charge in [0.1, 0.15) is 5.92 Å². The van der Waals surface area contributed by atoms with Crippen molar-refractivity contribution in [3.63, 3.8) is 0 Å². The molecule has 1 aliphatic carbocycles. The van der Waals surface area contributed by atoms with Crippen LogP contribution in [-0.4, -0.2) is 78.4 Å². The van der Waals surface area contributed by atoms with Gasteiger partial charge >= 0.3 is 5.97 Å². The Kier molecular flexibility index (Phi) is 8.43. The van der Waals surface area contributed by atoms with Crippen molar-refractivity contribution in [3.8, 4) is 0 Å². The molecule has 2 aromatic rings. The van der Waals surface area contributed by atoms with Crippen LogP contribution in [0, 0.1) is 17.8 Å². The Morgan fingerprint density at radius 3 is 2.26 bits per heavy atom. The van der Waals surface area contributed by atoms with E-state index in [4.69, 9.17) is 19.2 Å². The van der Waals surface area contributed by atoms with E-state index >= 15 is 0 Å². The molecule has 7 nitrogen and oxygen atoms in total. The quantitative estimate of drug-likeness (QED) is 0.383. The number of ether oxygens (including phenoxy) is 3. The summed E-state index contributed by atoms with van der Waals surface area (Å²) in [6.45, 7) is 6.59. The van der Waals surface area contributed by atoms with E-state index < -0.39 is 17.4 Å². The lowest BCUT2D eigenvalue weighted by atomic mass is 9.72. The number of nitrogens with zero attached hydrogens (tertiary/aromatic N) is 3. The molecule has 4 heterocycles. The molecular weight excluding hydrogens is 538 g/mol. The van der Waals surface area contributed by atoms with E-state index in [-0.39, 0.29) is 17.9 Å². The minimum Gasteiger partial charge on any atom is -0.466 e. The smallest absolute Gasteiger partial charge is 0.314 e. The van der Waals surface area contributed by atoms with Crippen molar-refractivity contribution in [3.05, 3.63) is 71.8 Å². The molecule has 43 heavy (non-hydrogen) atoms. The minimum absolute atomic E-state index is 0.0620. The zero-order chi connectivity index (χ0) is 29.3. The standard InChI is InChI=1S/C36H47N3O4/c1-2-42-34(40)32-30-26-38(25-28-16-10-7-11-17-28)33(29-18-12-4-3-5-13-19-29)35(30)37-31(24-27-14-8-6-9-15-27)36(32,43-35)39-20-22-41-23-21-39/h6-11,14-17,29-30,32-33H,2-5,12-13,18-26H2,1H3/t30?,32-,33+,35-,36-/m1/s1. The monoisotopic (exact) mass is 585 g/mol. The molecule has 2 aromatic carbocycles. The van der Waals surface area contributed by atoms with E-state index in [1.54, 1.807) is 0 Å². The van der Waals surface area contributed by atoms with Crippen molar-refractivity contribution in [2.75, 3.05) is 39.5 Å². The number of likely N-dealkylation sites (tertiary alicyclic amines) is 1. The van der Waals surface area contributed by atoms with Gasteiger partial charge in [0.15, 0.2) is 11.4 Å². The number of hydrogen-bond donors (Lipinski definition) is 0. The second kappa shape index (κ2) is 12.4. The molecule has 4 aliphatic heterocycles. The lowest BCUT2D eigenvalue weighted by Gasteiger charge is -2.45. The van der Waals surface area contributed by atoms with E-state index in [2.05, 4.69) is 70.5 Å². The van der Waals surface area contributed by atoms with E-state index in [0.717, 1.165) is 18.8 Å². The van der Waals surface area contributed by atoms with Crippen LogP contribution in [-0.2, 0) is 32.0 Å². The molecule has 7 heteroatoms. The van der Waals surface area contributed by atoms with Gasteiger partial charge in [-0.1, -0.05) is 92.8 Å². The summed E-state index contributed by atoms with van der Waals surface area (Å²) in [5.74, 6) is -0.164. The molecule has 0 aromatic heterocycles. The van der Waals surface area contributed by atoms with Crippen molar-refractivity contribution < 1.29 is 19.0 Å². The maximum Gasteiger partial charge on any atom is 0.314 e. The summed E-state index contributed by atoms with van der Waals surface area (Å²) in [5, 5.41) is 0. The van der Waals surface area contributed by atoms with Gasteiger partial charge in [-0.25, -0.2) is 0 Å².